The van der Waals surface area contributed by atoms with Gasteiger partial charge in [0.15, 0.2) is 6.10 Å². The molecule has 0 fully saturated rings. The first-order valence-corrected chi connectivity index (χ1v) is 7.35. The van der Waals surface area contributed by atoms with Crippen LogP contribution in [-0.4, -0.2) is 35.0 Å². The number of ether oxygens (including phenoxy) is 2. The number of amides is 1. The van der Waals surface area contributed by atoms with Crippen molar-refractivity contribution in [2.75, 3.05) is 12.4 Å². The Bertz CT molecular complexity index is 907. The number of pyridine rings is 1. The van der Waals surface area contributed by atoms with Crippen LogP contribution in [0, 0.1) is 10.1 Å². The van der Waals surface area contributed by atoms with Gasteiger partial charge in [0.2, 0.25) is 0 Å². The topological polar surface area (TPSA) is 141 Å². The summed E-state index contributed by atoms with van der Waals surface area (Å²) in [5.74, 6) is -1.58. The minimum atomic E-state index is -1.22. The number of carbonyl (C=O) groups is 2. The molecule has 0 unspecified atom stereocenters. The maximum absolute atomic E-state index is 12.2. The fourth-order valence-corrected chi connectivity index (χ4v) is 1.99. The third-order valence-corrected chi connectivity index (χ3v) is 3.34. The summed E-state index contributed by atoms with van der Waals surface area (Å²) in [6.07, 6.45) is 0.137. The van der Waals surface area contributed by atoms with Crippen molar-refractivity contribution in [3.05, 3.63) is 62.6 Å². The van der Waals surface area contributed by atoms with Crippen LogP contribution in [0.2, 0.25) is 0 Å². The van der Waals surface area contributed by atoms with Crippen LogP contribution in [0.15, 0.2) is 41.3 Å². The second-order valence-electron chi connectivity index (χ2n) is 5.09. The molecule has 2 N–H and O–H groups in total. The summed E-state index contributed by atoms with van der Waals surface area (Å²) in [4.78, 5) is 48.2. The van der Waals surface area contributed by atoms with Crippen LogP contribution in [0.25, 0.3) is 0 Å². The van der Waals surface area contributed by atoms with Gasteiger partial charge in [-0.3, -0.25) is 19.7 Å². The molecule has 1 atom stereocenters. The molecule has 1 aromatic heterocycles. The summed E-state index contributed by atoms with van der Waals surface area (Å²) in [6, 6.07) is 6.36. The third-order valence-electron chi connectivity index (χ3n) is 3.34. The number of rotatable bonds is 6. The van der Waals surface area contributed by atoms with E-state index in [1.165, 1.54) is 44.5 Å². The van der Waals surface area contributed by atoms with Gasteiger partial charge in [-0.15, -0.1) is 0 Å². The molecule has 1 aromatic carbocycles. The average molecular weight is 361 g/mol. The Morgan fingerprint density at radius 3 is 2.65 bits per heavy atom. The number of carbonyl (C=O) groups excluding carboxylic acids is 2. The number of nitro groups is 1. The second-order valence-corrected chi connectivity index (χ2v) is 5.09. The quantitative estimate of drug-likeness (QED) is 0.451. The summed E-state index contributed by atoms with van der Waals surface area (Å²) in [5.41, 5.74) is -0.909. The molecule has 1 amide bonds. The van der Waals surface area contributed by atoms with Crippen molar-refractivity contribution < 1.29 is 24.0 Å². The lowest BCUT2D eigenvalue weighted by Gasteiger charge is -2.15. The van der Waals surface area contributed by atoms with Gasteiger partial charge in [-0.25, -0.2) is 4.79 Å². The predicted octanol–water partition coefficient (Wildman–Crippen LogP) is 1.48. The summed E-state index contributed by atoms with van der Waals surface area (Å²) in [6.45, 7) is 1.32. The molecule has 26 heavy (non-hydrogen) atoms. The van der Waals surface area contributed by atoms with E-state index in [-0.39, 0.29) is 22.7 Å². The van der Waals surface area contributed by atoms with E-state index in [1.807, 2.05) is 0 Å². The largest absolute Gasteiger partial charge is 0.494 e. The van der Waals surface area contributed by atoms with Crippen LogP contribution in [0.4, 0.5) is 11.4 Å². The number of aromatic nitrogens is 1. The molecule has 2 aromatic rings. The molecular formula is C16H15N3O7. The van der Waals surface area contributed by atoms with Gasteiger partial charge in [-0.1, -0.05) is 0 Å². The predicted molar refractivity (Wildman–Crippen MR) is 90.2 cm³/mol. The standard InChI is InChI=1S/C16H15N3O7/c1-9(26-16(22)11-4-3-7-17-15(11)21)14(20)18-12-6-5-10(19(23)24)8-13(12)25-2/h3-9H,1-2H3,(H,17,21)(H,18,20)/t9-/m0/s1. The number of H-pyrrole nitrogens is 1. The van der Waals surface area contributed by atoms with Crippen LogP contribution >= 0.6 is 0 Å². The summed E-state index contributed by atoms with van der Waals surface area (Å²) in [7, 11) is 1.29. The van der Waals surface area contributed by atoms with E-state index in [0.29, 0.717) is 0 Å². The number of methoxy groups -OCH3 is 1. The van der Waals surface area contributed by atoms with E-state index in [1.54, 1.807) is 0 Å². The number of esters is 1. The van der Waals surface area contributed by atoms with Crippen LogP contribution in [0.5, 0.6) is 5.75 Å². The Labute approximate surface area is 146 Å². The van der Waals surface area contributed by atoms with Crippen LogP contribution in [-0.2, 0) is 9.53 Å². The molecule has 0 radical (unpaired) electrons. The molecule has 2 rings (SSSR count). The zero-order valence-corrected chi connectivity index (χ0v) is 13.8. The number of nitro benzene ring substituents is 1. The van der Waals surface area contributed by atoms with Gasteiger partial charge in [0.05, 0.1) is 23.8 Å². The van der Waals surface area contributed by atoms with Crippen molar-refractivity contribution in [1.82, 2.24) is 4.98 Å². The van der Waals surface area contributed by atoms with Crippen molar-refractivity contribution in [3.63, 3.8) is 0 Å². The van der Waals surface area contributed by atoms with E-state index in [4.69, 9.17) is 9.47 Å². The number of nitrogens with zero attached hydrogens (tertiary/aromatic N) is 1. The molecule has 10 heteroatoms. The molecule has 0 saturated heterocycles. The lowest BCUT2D eigenvalue weighted by atomic mass is 10.2. The number of non-ortho nitro benzene ring substituents is 1. The van der Waals surface area contributed by atoms with E-state index >= 15 is 0 Å². The highest BCUT2D eigenvalue weighted by molar-refractivity contribution is 5.98. The Kier molecular flexibility index (Phi) is 5.68. The summed E-state index contributed by atoms with van der Waals surface area (Å²) < 4.78 is 9.98. The smallest absolute Gasteiger partial charge is 0.344 e. The monoisotopic (exact) mass is 361 g/mol. The highest BCUT2D eigenvalue weighted by Crippen LogP contribution is 2.29. The fraction of sp³-hybridized carbons (Fsp3) is 0.188. The lowest BCUT2D eigenvalue weighted by Crippen LogP contribution is -2.31. The normalized spacial score (nSPS) is 11.3. The fourth-order valence-electron chi connectivity index (χ4n) is 1.99. The van der Waals surface area contributed by atoms with Crippen LogP contribution < -0.4 is 15.6 Å². The van der Waals surface area contributed by atoms with Crippen LogP contribution in [0.1, 0.15) is 17.3 Å². The summed E-state index contributed by atoms with van der Waals surface area (Å²) in [5, 5.41) is 13.2. The Morgan fingerprint density at radius 2 is 2.04 bits per heavy atom. The highest BCUT2D eigenvalue weighted by atomic mass is 16.6. The maximum atomic E-state index is 12.2. The molecule has 0 bridgehead atoms. The molecule has 0 saturated carbocycles. The molecule has 0 spiro atoms. The van der Waals surface area contributed by atoms with Crippen molar-refractivity contribution in [2.45, 2.75) is 13.0 Å². The Morgan fingerprint density at radius 1 is 1.31 bits per heavy atom. The highest BCUT2D eigenvalue weighted by Gasteiger charge is 2.22. The second kappa shape index (κ2) is 7.92. The molecule has 0 aliphatic carbocycles. The molecule has 10 nitrogen and oxygen atoms in total. The van der Waals surface area contributed by atoms with E-state index < -0.39 is 28.5 Å². The number of aromatic amines is 1. The van der Waals surface area contributed by atoms with Crippen molar-refractivity contribution in [2.24, 2.45) is 0 Å². The van der Waals surface area contributed by atoms with Gasteiger partial charge < -0.3 is 19.8 Å². The molecule has 0 aliphatic rings. The molecular weight excluding hydrogens is 346 g/mol. The maximum Gasteiger partial charge on any atom is 0.344 e. The van der Waals surface area contributed by atoms with Gasteiger partial charge in [-0.2, -0.15) is 0 Å². The molecule has 1 heterocycles. The van der Waals surface area contributed by atoms with Crippen molar-refractivity contribution >= 4 is 23.3 Å². The molecule has 0 aliphatic heterocycles. The van der Waals surface area contributed by atoms with Gasteiger partial charge in [0.25, 0.3) is 17.2 Å². The van der Waals surface area contributed by atoms with Crippen molar-refractivity contribution in [3.8, 4) is 5.75 Å². The SMILES string of the molecule is COc1cc([N+](=O)[O-])ccc1NC(=O)[C@H](C)OC(=O)c1ccc[nH]c1=O. The summed E-state index contributed by atoms with van der Waals surface area (Å²) >= 11 is 0. The van der Waals surface area contributed by atoms with Gasteiger partial charge in [0.1, 0.15) is 11.3 Å². The van der Waals surface area contributed by atoms with Gasteiger partial charge >= 0.3 is 5.97 Å². The van der Waals surface area contributed by atoms with Gasteiger partial charge in [0, 0.05) is 12.3 Å². The van der Waals surface area contributed by atoms with E-state index in [0.717, 1.165) is 6.07 Å². The number of hydrogen-bond donors (Lipinski definition) is 2. The Hall–Kier alpha value is -3.69. The number of benzene rings is 1. The first kappa shape index (κ1) is 18.6. The van der Waals surface area contributed by atoms with E-state index in [9.17, 15) is 24.5 Å². The van der Waals surface area contributed by atoms with E-state index in [2.05, 4.69) is 10.3 Å². The third kappa shape index (κ3) is 4.23. The molecule has 136 valence electrons. The average Bonchev–Trinajstić information content (AvgIpc) is 2.61. The number of anilines is 1. The lowest BCUT2D eigenvalue weighted by molar-refractivity contribution is -0.384. The zero-order chi connectivity index (χ0) is 19.3. The Balaban J connectivity index is 2.10. The van der Waals surface area contributed by atoms with Crippen LogP contribution in [0.3, 0.4) is 0 Å². The minimum absolute atomic E-state index is 0.0746. The number of nitrogens with one attached hydrogen (secondary N) is 2. The first-order valence-electron chi connectivity index (χ1n) is 7.35. The van der Waals surface area contributed by atoms with Crippen molar-refractivity contribution in [1.29, 1.82) is 0 Å². The number of hydrogen-bond acceptors (Lipinski definition) is 7. The van der Waals surface area contributed by atoms with Gasteiger partial charge in [-0.05, 0) is 25.1 Å². The zero-order valence-electron chi connectivity index (χ0n) is 13.8. The minimum Gasteiger partial charge on any atom is -0.494 e. The first-order chi connectivity index (χ1) is 12.3.